The summed E-state index contributed by atoms with van der Waals surface area (Å²) in [6.07, 6.45) is 0. The Morgan fingerprint density at radius 3 is 3.07 bits per heavy atom. The van der Waals surface area contributed by atoms with E-state index in [4.69, 9.17) is 5.11 Å². The summed E-state index contributed by atoms with van der Waals surface area (Å²) < 4.78 is 1.36. The van der Waals surface area contributed by atoms with Crippen LogP contribution in [0.4, 0.5) is 0 Å². The van der Waals surface area contributed by atoms with E-state index in [1.807, 2.05) is 5.41 Å². The molecule has 0 aromatic carbocycles. The van der Waals surface area contributed by atoms with Crippen LogP contribution in [0.1, 0.15) is 16.2 Å². The summed E-state index contributed by atoms with van der Waals surface area (Å²) in [4.78, 5) is 10.7. The van der Waals surface area contributed by atoms with E-state index >= 15 is 0 Å². The van der Waals surface area contributed by atoms with Gasteiger partial charge in [-0.2, -0.15) is 5.10 Å². The summed E-state index contributed by atoms with van der Waals surface area (Å²) in [5.41, 5.74) is 1.76. The van der Waals surface area contributed by atoms with Crippen molar-refractivity contribution in [1.82, 2.24) is 15.1 Å². The van der Waals surface area contributed by atoms with E-state index in [1.165, 1.54) is 4.68 Å². The van der Waals surface area contributed by atoms with Gasteiger partial charge in [0.1, 0.15) is 11.4 Å². The first-order valence-electron chi connectivity index (χ1n) is 4.02. The third kappa shape index (κ3) is 1.48. The maximum atomic E-state index is 10.7. The molecule has 0 aliphatic carbocycles. The molecule has 0 unspecified atom stereocenters. The van der Waals surface area contributed by atoms with Gasteiger partial charge < -0.3 is 10.4 Å². The third-order valence-electron chi connectivity index (χ3n) is 1.92. The molecule has 5 nitrogen and oxygen atoms in total. The molecule has 0 radical (unpaired) electrons. The van der Waals surface area contributed by atoms with Gasteiger partial charge in [0.15, 0.2) is 0 Å². The zero-order valence-corrected chi connectivity index (χ0v) is 8.34. The number of carboxylic acids is 1. The van der Waals surface area contributed by atoms with E-state index < -0.39 is 5.97 Å². The average molecular weight is 211 g/mol. The molecule has 1 aliphatic rings. The number of nitrogens with one attached hydrogen (secondary N) is 1. The molecule has 14 heavy (non-hydrogen) atoms. The normalized spacial score (nSPS) is 15.1. The molecule has 0 atom stereocenters. The highest BCUT2D eigenvalue weighted by Gasteiger charge is 2.15. The monoisotopic (exact) mass is 211 g/mol. The van der Waals surface area contributed by atoms with Gasteiger partial charge in [-0.25, -0.2) is 4.79 Å². The highest BCUT2D eigenvalue weighted by molar-refractivity contribution is 8.02. The van der Waals surface area contributed by atoms with Crippen molar-refractivity contribution in [1.29, 1.82) is 0 Å². The van der Waals surface area contributed by atoms with Crippen LogP contribution >= 0.6 is 11.8 Å². The third-order valence-corrected chi connectivity index (χ3v) is 2.64. The lowest BCUT2D eigenvalue weighted by Gasteiger charge is -1.96. The minimum atomic E-state index is -0.961. The van der Waals surface area contributed by atoms with Gasteiger partial charge in [0.25, 0.3) is 0 Å². The second-order valence-corrected chi connectivity index (χ2v) is 3.72. The molecule has 6 heteroatoms. The van der Waals surface area contributed by atoms with Crippen molar-refractivity contribution in [3.05, 3.63) is 22.9 Å². The van der Waals surface area contributed by atoms with E-state index in [0.717, 1.165) is 11.6 Å². The summed E-state index contributed by atoms with van der Waals surface area (Å²) in [6.45, 7) is 0. The second-order valence-electron chi connectivity index (χ2n) is 2.86. The molecule has 2 rings (SSSR count). The Bertz CT molecular complexity index is 411. The maximum absolute atomic E-state index is 10.7. The molecule has 74 valence electrons. The van der Waals surface area contributed by atoms with Crippen LogP contribution in [-0.4, -0.2) is 26.7 Å². The summed E-state index contributed by atoms with van der Waals surface area (Å²) in [5, 5.41) is 18.0. The van der Waals surface area contributed by atoms with E-state index in [-0.39, 0.29) is 5.69 Å². The number of nitrogens with zero attached hydrogens (tertiary/aromatic N) is 2. The molecule has 2 heterocycles. The first-order valence-corrected chi connectivity index (χ1v) is 5.06. The number of carbonyl (C=O) groups is 1. The molecule has 0 bridgehead atoms. The number of aromatic carboxylic acids is 1. The van der Waals surface area contributed by atoms with Gasteiger partial charge in [0.05, 0.1) is 11.6 Å². The van der Waals surface area contributed by atoms with Crippen molar-refractivity contribution >= 4 is 23.4 Å². The fourth-order valence-corrected chi connectivity index (χ4v) is 1.93. The number of aryl methyl sites for hydroxylation is 1. The van der Waals surface area contributed by atoms with Crippen LogP contribution in [0, 0.1) is 0 Å². The van der Waals surface area contributed by atoms with Crippen molar-refractivity contribution in [3.63, 3.8) is 0 Å². The van der Waals surface area contributed by atoms with Crippen molar-refractivity contribution in [2.45, 2.75) is 0 Å². The highest BCUT2D eigenvalue weighted by Crippen LogP contribution is 2.21. The zero-order valence-electron chi connectivity index (χ0n) is 7.52. The highest BCUT2D eigenvalue weighted by atomic mass is 32.2. The zero-order chi connectivity index (χ0) is 10.1. The first-order chi connectivity index (χ1) is 6.68. The van der Waals surface area contributed by atoms with Crippen molar-refractivity contribution in [3.8, 4) is 0 Å². The Morgan fingerprint density at radius 1 is 1.79 bits per heavy atom. The minimum Gasteiger partial charge on any atom is -0.477 e. The molecule has 1 aromatic heterocycles. The lowest BCUT2D eigenvalue weighted by molar-refractivity contribution is 0.0685. The Balaban J connectivity index is 2.36. The Kier molecular flexibility index (Phi) is 2.20. The fraction of sp³-hybridized carbons (Fsp3) is 0.250. The second kappa shape index (κ2) is 3.38. The van der Waals surface area contributed by atoms with E-state index in [1.54, 1.807) is 24.9 Å². The number of hydrogen-bond donors (Lipinski definition) is 2. The molecular weight excluding hydrogens is 202 g/mol. The van der Waals surface area contributed by atoms with Crippen LogP contribution in [-0.2, 0) is 7.05 Å². The molecule has 0 spiro atoms. The number of thioether (sulfide) groups is 1. The summed E-state index contributed by atoms with van der Waals surface area (Å²) >= 11 is 1.63. The Hall–Kier alpha value is -1.43. The number of aromatic nitrogens is 2. The Labute approximate surface area is 84.8 Å². The molecule has 1 aliphatic heterocycles. The van der Waals surface area contributed by atoms with E-state index in [9.17, 15) is 4.79 Å². The standard InChI is InChI=1S/C8H9N3O2S/c1-11-7(8(12)13)2-5(10-11)6-3-14-4-9-6/h2-3,9H,4H2,1H3,(H,12,13). The van der Waals surface area contributed by atoms with Gasteiger partial charge in [-0.1, -0.05) is 0 Å². The van der Waals surface area contributed by atoms with Crippen LogP contribution in [0.3, 0.4) is 0 Å². The molecule has 1 aromatic rings. The predicted molar refractivity (Wildman–Crippen MR) is 53.7 cm³/mol. The van der Waals surface area contributed by atoms with Gasteiger partial charge >= 0.3 is 5.97 Å². The van der Waals surface area contributed by atoms with Crippen LogP contribution < -0.4 is 5.32 Å². The average Bonchev–Trinajstić information content (AvgIpc) is 2.70. The van der Waals surface area contributed by atoms with Crippen LogP contribution in [0.5, 0.6) is 0 Å². The lowest BCUT2D eigenvalue weighted by atomic mass is 10.3. The minimum absolute atomic E-state index is 0.194. The Morgan fingerprint density at radius 2 is 2.57 bits per heavy atom. The van der Waals surface area contributed by atoms with Gasteiger partial charge in [0, 0.05) is 13.1 Å². The van der Waals surface area contributed by atoms with Gasteiger partial charge in [0.2, 0.25) is 0 Å². The van der Waals surface area contributed by atoms with Crippen molar-refractivity contribution < 1.29 is 9.90 Å². The summed E-state index contributed by atoms with van der Waals surface area (Å²) in [5.74, 6) is -0.147. The van der Waals surface area contributed by atoms with Gasteiger partial charge in [-0.05, 0) is 5.41 Å². The molecule has 0 saturated carbocycles. The van der Waals surface area contributed by atoms with Gasteiger partial charge in [-0.15, -0.1) is 11.8 Å². The summed E-state index contributed by atoms with van der Waals surface area (Å²) in [6, 6.07) is 1.56. The van der Waals surface area contributed by atoms with E-state index in [2.05, 4.69) is 10.4 Å². The lowest BCUT2D eigenvalue weighted by Crippen LogP contribution is -2.06. The van der Waals surface area contributed by atoms with Crippen LogP contribution in [0.15, 0.2) is 11.5 Å². The molecule has 2 N–H and O–H groups in total. The van der Waals surface area contributed by atoms with Crippen LogP contribution in [0.25, 0.3) is 5.70 Å². The number of rotatable bonds is 2. The van der Waals surface area contributed by atoms with Crippen molar-refractivity contribution in [2.75, 3.05) is 5.88 Å². The van der Waals surface area contributed by atoms with Crippen LogP contribution in [0.2, 0.25) is 0 Å². The maximum Gasteiger partial charge on any atom is 0.354 e. The smallest absolute Gasteiger partial charge is 0.354 e. The SMILES string of the molecule is Cn1nc(C2=CSCN2)cc1C(=O)O. The summed E-state index contributed by atoms with van der Waals surface area (Å²) in [7, 11) is 1.62. The predicted octanol–water partition coefficient (Wildman–Crippen LogP) is 0.711. The van der Waals surface area contributed by atoms with Gasteiger partial charge in [-0.3, -0.25) is 4.68 Å². The number of carboxylic acid groups (broad SMARTS) is 1. The fourth-order valence-electron chi connectivity index (χ4n) is 1.24. The number of hydrogen-bond acceptors (Lipinski definition) is 4. The first kappa shape index (κ1) is 9.14. The van der Waals surface area contributed by atoms with Crippen molar-refractivity contribution in [2.24, 2.45) is 7.05 Å². The molecule has 0 saturated heterocycles. The molecule has 0 fully saturated rings. The molecule has 0 amide bonds. The quantitative estimate of drug-likeness (QED) is 0.754. The topological polar surface area (TPSA) is 67.2 Å². The molecular formula is C8H9N3O2S. The largest absolute Gasteiger partial charge is 0.477 e. The van der Waals surface area contributed by atoms with E-state index in [0.29, 0.717) is 5.69 Å².